The molecule has 0 saturated heterocycles. The summed E-state index contributed by atoms with van der Waals surface area (Å²) in [5, 5.41) is 15.6. The van der Waals surface area contributed by atoms with Gasteiger partial charge in [0.1, 0.15) is 0 Å². The van der Waals surface area contributed by atoms with Crippen LogP contribution in [0.4, 0.5) is 0 Å². The molecule has 2 heterocycles. The van der Waals surface area contributed by atoms with Crippen molar-refractivity contribution in [2.24, 2.45) is 7.05 Å². The second-order valence-corrected chi connectivity index (χ2v) is 3.92. The van der Waals surface area contributed by atoms with Gasteiger partial charge in [-0.1, -0.05) is 6.92 Å². The van der Waals surface area contributed by atoms with Crippen molar-refractivity contribution in [1.29, 1.82) is 0 Å². The molecule has 0 fully saturated rings. The van der Waals surface area contributed by atoms with Gasteiger partial charge in [0.05, 0.1) is 17.1 Å². The van der Waals surface area contributed by atoms with Crippen LogP contribution in [0, 0.1) is 0 Å². The van der Waals surface area contributed by atoms with Gasteiger partial charge in [0.15, 0.2) is 0 Å². The fraction of sp³-hybridized carbons (Fsp3) is 0.417. The first-order valence-corrected chi connectivity index (χ1v) is 5.78. The number of hydrogen-bond donors (Lipinski definition) is 1. The smallest absolute Gasteiger partial charge is 0.0769 e. The lowest BCUT2D eigenvalue weighted by Gasteiger charge is -2.03. The maximum Gasteiger partial charge on any atom is 0.0769 e. The summed E-state index contributed by atoms with van der Waals surface area (Å²) in [7, 11) is 1.97. The Balaban J connectivity index is 1.88. The molecule has 0 aliphatic heterocycles. The van der Waals surface area contributed by atoms with Crippen molar-refractivity contribution in [3.8, 4) is 0 Å². The molecule has 17 heavy (non-hydrogen) atoms. The van der Waals surface area contributed by atoms with E-state index in [1.54, 1.807) is 6.20 Å². The molecule has 0 aliphatic rings. The average Bonchev–Trinajstić information content (AvgIpc) is 2.72. The maximum atomic E-state index is 4.40. The Bertz CT molecular complexity index is 463. The van der Waals surface area contributed by atoms with E-state index >= 15 is 0 Å². The summed E-state index contributed by atoms with van der Waals surface area (Å²) >= 11 is 0. The zero-order valence-electron chi connectivity index (χ0n) is 10.2. The lowest BCUT2D eigenvalue weighted by molar-refractivity contribution is 0.613. The highest BCUT2D eigenvalue weighted by Crippen LogP contribution is 2.03. The van der Waals surface area contributed by atoms with Crippen molar-refractivity contribution in [2.45, 2.75) is 26.4 Å². The molecule has 0 radical (unpaired) electrons. The lowest BCUT2D eigenvalue weighted by atomic mass is 10.3. The minimum absolute atomic E-state index is 0.723. The molecule has 2 rings (SSSR count). The first-order valence-electron chi connectivity index (χ1n) is 5.78. The quantitative estimate of drug-likeness (QED) is 0.836. The summed E-state index contributed by atoms with van der Waals surface area (Å²) in [5.74, 6) is 0. The first kappa shape index (κ1) is 11.7. The third-order valence-electron chi connectivity index (χ3n) is 2.63. The lowest BCUT2D eigenvalue weighted by Crippen LogP contribution is -2.16. The Morgan fingerprint density at radius 3 is 2.82 bits per heavy atom. The molecule has 2 aromatic rings. The highest BCUT2D eigenvalue weighted by atomic mass is 15.3. The van der Waals surface area contributed by atoms with E-state index in [9.17, 15) is 0 Å². The van der Waals surface area contributed by atoms with Crippen molar-refractivity contribution in [3.63, 3.8) is 0 Å². The van der Waals surface area contributed by atoms with Crippen LogP contribution in [0.3, 0.4) is 0 Å². The van der Waals surface area contributed by atoms with E-state index in [-0.39, 0.29) is 0 Å². The number of nitrogens with zero attached hydrogens (tertiary/aromatic N) is 4. The number of rotatable bonds is 5. The minimum Gasteiger partial charge on any atom is -0.305 e. The van der Waals surface area contributed by atoms with Crippen LogP contribution in [0.2, 0.25) is 0 Å². The van der Waals surface area contributed by atoms with E-state index in [2.05, 4.69) is 33.6 Å². The van der Waals surface area contributed by atoms with Crippen LogP contribution in [-0.2, 0) is 26.6 Å². The summed E-state index contributed by atoms with van der Waals surface area (Å²) in [6.07, 6.45) is 2.65. The zero-order valence-corrected chi connectivity index (χ0v) is 10.2. The monoisotopic (exact) mass is 231 g/mol. The molecular weight excluding hydrogens is 214 g/mol. The predicted octanol–water partition coefficient (Wildman–Crippen LogP) is 1.06. The number of aryl methyl sites for hydroxylation is 2. The molecule has 5 heteroatoms. The molecule has 0 aliphatic carbocycles. The molecule has 2 aromatic heterocycles. The standard InChI is InChI=1S/C12H17N5/c1-3-10-7-12(17(2)16-10)9-13-8-11-5-4-6-14-15-11/h4-7,13H,3,8-9H2,1-2H3. The molecule has 5 nitrogen and oxygen atoms in total. The molecular formula is C12H17N5. The van der Waals surface area contributed by atoms with Crippen molar-refractivity contribution >= 4 is 0 Å². The molecule has 0 atom stereocenters. The van der Waals surface area contributed by atoms with Gasteiger partial charge >= 0.3 is 0 Å². The molecule has 0 bridgehead atoms. The summed E-state index contributed by atoms with van der Waals surface area (Å²) in [4.78, 5) is 0. The molecule has 0 saturated carbocycles. The average molecular weight is 231 g/mol. The Hall–Kier alpha value is -1.75. The van der Waals surface area contributed by atoms with Gasteiger partial charge in [-0.05, 0) is 24.6 Å². The van der Waals surface area contributed by atoms with E-state index < -0.39 is 0 Å². The summed E-state index contributed by atoms with van der Waals surface area (Å²) < 4.78 is 1.92. The maximum absolute atomic E-state index is 4.40. The summed E-state index contributed by atoms with van der Waals surface area (Å²) in [6.45, 7) is 3.62. The van der Waals surface area contributed by atoms with Crippen LogP contribution in [0.5, 0.6) is 0 Å². The van der Waals surface area contributed by atoms with E-state index in [4.69, 9.17) is 0 Å². The Morgan fingerprint density at radius 1 is 1.29 bits per heavy atom. The number of aromatic nitrogens is 4. The molecule has 0 spiro atoms. The molecule has 0 aromatic carbocycles. The third kappa shape index (κ3) is 3.10. The van der Waals surface area contributed by atoms with E-state index in [1.807, 2.05) is 23.9 Å². The van der Waals surface area contributed by atoms with Gasteiger partial charge in [-0.3, -0.25) is 4.68 Å². The van der Waals surface area contributed by atoms with E-state index in [0.29, 0.717) is 0 Å². The van der Waals surface area contributed by atoms with Crippen molar-refractivity contribution in [3.05, 3.63) is 41.5 Å². The van der Waals surface area contributed by atoms with Gasteiger partial charge in [0.25, 0.3) is 0 Å². The topological polar surface area (TPSA) is 55.6 Å². The van der Waals surface area contributed by atoms with Crippen molar-refractivity contribution < 1.29 is 0 Å². The van der Waals surface area contributed by atoms with Crippen molar-refractivity contribution in [1.82, 2.24) is 25.3 Å². The molecule has 90 valence electrons. The van der Waals surface area contributed by atoms with E-state index in [1.165, 1.54) is 5.69 Å². The second kappa shape index (κ2) is 5.54. The van der Waals surface area contributed by atoms with Crippen LogP contribution in [0.25, 0.3) is 0 Å². The Labute approximate surface area is 101 Å². The van der Waals surface area contributed by atoms with E-state index in [0.717, 1.165) is 30.9 Å². The summed E-state index contributed by atoms with van der Waals surface area (Å²) in [6, 6.07) is 5.98. The summed E-state index contributed by atoms with van der Waals surface area (Å²) in [5.41, 5.74) is 3.26. The van der Waals surface area contributed by atoms with Crippen LogP contribution >= 0.6 is 0 Å². The first-order chi connectivity index (χ1) is 8.29. The SMILES string of the molecule is CCc1cc(CNCc2cccnn2)n(C)n1. The zero-order chi connectivity index (χ0) is 12.1. The number of hydrogen-bond acceptors (Lipinski definition) is 4. The second-order valence-electron chi connectivity index (χ2n) is 3.92. The molecule has 0 unspecified atom stereocenters. The van der Waals surface area contributed by atoms with Gasteiger partial charge in [-0.2, -0.15) is 15.3 Å². The minimum atomic E-state index is 0.723. The Morgan fingerprint density at radius 2 is 2.18 bits per heavy atom. The van der Waals surface area contributed by atoms with Gasteiger partial charge in [0.2, 0.25) is 0 Å². The molecule has 0 amide bonds. The number of nitrogens with one attached hydrogen (secondary N) is 1. The third-order valence-corrected chi connectivity index (χ3v) is 2.63. The molecule has 1 N–H and O–H groups in total. The van der Waals surface area contributed by atoms with Crippen LogP contribution in [0.15, 0.2) is 24.4 Å². The normalized spacial score (nSPS) is 10.7. The predicted molar refractivity (Wildman–Crippen MR) is 65.2 cm³/mol. The largest absolute Gasteiger partial charge is 0.305 e. The van der Waals surface area contributed by atoms with Gasteiger partial charge < -0.3 is 5.32 Å². The van der Waals surface area contributed by atoms with Gasteiger partial charge in [-0.25, -0.2) is 0 Å². The van der Waals surface area contributed by atoms with Crippen LogP contribution in [-0.4, -0.2) is 20.0 Å². The Kier molecular flexibility index (Phi) is 3.82. The highest BCUT2D eigenvalue weighted by Gasteiger charge is 2.03. The van der Waals surface area contributed by atoms with Gasteiger partial charge in [0, 0.05) is 26.3 Å². The van der Waals surface area contributed by atoms with Gasteiger partial charge in [-0.15, -0.1) is 0 Å². The fourth-order valence-electron chi connectivity index (χ4n) is 1.66. The highest BCUT2D eigenvalue weighted by molar-refractivity contribution is 5.10. The van der Waals surface area contributed by atoms with Crippen LogP contribution in [0.1, 0.15) is 24.0 Å². The van der Waals surface area contributed by atoms with Crippen molar-refractivity contribution in [2.75, 3.05) is 0 Å². The van der Waals surface area contributed by atoms with Crippen LogP contribution < -0.4 is 5.32 Å². The fourth-order valence-corrected chi connectivity index (χ4v) is 1.66.